The van der Waals surface area contributed by atoms with E-state index in [2.05, 4.69) is 5.32 Å². The number of fused-ring (bicyclic) bond motifs is 1. The Balaban J connectivity index is 1.98. The van der Waals surface area contributed by atoms with Gasteiger partial charge in [0.1, 0.15) is 10.7 Å². The number of nitrogens with zero attached hydrogens (tertiary/aromatic N) is 1. The average molecular weight is 374 g/mol. The number of nitrogens with two attached hydrogens (primary N) is 1. The molecule has 0 atom stereocenters. The lowest BCUT2D eigenvalue weighted by molar-refractivity contribution is 1.06. The molecule has 0 fully saturated rings. The molecule has 0 saturated carbocycles. The van der Waals surface area contributed by atoms with E-state index in [4.69, 9.17) is 11.1 Å². The highest BCUT2D eigenvalue weighted by atomic mass is 32.1. The van der Waals surface area contributed by atoms with E-state index in [-0.39, 0.29) is 11.4 Å². The number of amidine groups is 1. The van der Waals surface area contributed by atoms with Crippen molar-refractivity contribution in [3.63, 3.8) is 0 Å². The standard InChI is InChI=1S/C21H18N4OS/c1-13-6-5-7-14(12-13)24-18-16-10-11-17(26)25(15-8-3-2-4-9-15)21(16)27-19(18)20(22)23/h2-12,24H,1H3,(H3,22,23). The molecule has 0 radical (unpaired) electrons. The summed E-state index contributed by atoms with van der Waals surface area (Å²) < 4.78 is 1.66. The molecule has 4 rings (SSSR count). The SMILES string of the molecule is Cc1cccc(Nc2c(C(=N)N)sc3c2ccc(=O)n3-c2ccccc2)c1. The van der Waals surface area contributed by atoms with Crippen LogP contribution in [0.3, 0.4) is 0 Å². The van der Waals surface area contributed by atoms with Crippen molar-refractivity contribution >= 4 is 38.8 Å². The summed E-state index contributed by atoms with van der Waals surface area (Å²) in [6.07, 6.45) is 0. The number of hydrogen-bond acceptors (Lipinski definition) is 4. The largest absolute Gasteiger partial charge is 0.383 e. The van der Waals surface area contributed by atoms with Crippen LogP contribution in [0.25, 0.3) is 15.9 Å². The highest BCUT2D eigenvalue weighted by molar-refractivity contribution is 7.21. The zero-order valence-electron chi connectivity index (χ0n) is 14.7. The van der Waals surface area contributed by atoms with Crippen LogP contribution in [0, 0.1) is 12.3 Å². The Morgan fingerprint density at radius 2 is 1.85 bits per heavy atom. The van der Waals surface area contributed by atoms with Gasteiger partial charge in [0.25, 0.3) is 5.56 Å². The van der Waals surface area contributed by atoms with Crippen LogP contribution in [0.15, 0.2) is 71.5 Å². The summed E-state index contributed by atoms with van der Waals surface area (Å²) in [5.74, 6) is -0.0292. The Kier molecular flexibility index (Phi) is 4.25. The first-order chi connectivity index (χ1) is 13.0. The van der Waals surface area contributed by atoms with Crippen LogP contribution >= 0.6 is 11.3 Å². The van der Waals surface area contributed by atoms with Crippen molar-refractivity contribution < 1.29 is 0 Å². The molecule has 2 aromatic heterocycles. The number of nitrogen functional groups attached to an aromatic ring is 1. The van der Waals surface area contributed by atoms with Gasteiger partial charge in [0.05, 0.1) is 16.3 Å². The molecule has 27 heavy (non-hydrogen) atoms. The highest BCUT2D eigenvalue weighted by Gasteiger charge is 2.18. The fourth-order valence-electron chi connectivity index (χ4n) is 3.08. The maximum atomic E-state index is 12.6. The molecule has 5 nitrogen and oxygen atoms in total. The van der Waals surface area contributed by atoms with E-state index < -0.39 is 0 Å². The van der Waals surface area contributed by atoms with Gasteiger partial charge >= 0.3 is 0 Å². The van der Waals surface area contributed by atoms with Crippen molar-refractivity contribution in [2.45, 2.75) is 6.92 Å². The normalized spacial score (nSPS) is 10.9. The van der Waals surface area contributed by atoms with Gasteiger partial charge in [0.15, 0.2) is 0 Å². The number of aromatic nitrogens is 1. The second kappa shape index (κ2) is 6.74. The number of thiophene rings is 1. The van der Waals surface area contributed by atoms with Crippen molar-refractivity contribution in [3.05, 3.63) is 87.5 Å². The molecule has 2 heterocycles. The first-order valence-electron chi connectivity index (χ1n) is 8.46. The zero-order chi connectivity index (χ0) is 19.0. The fourth-order valence-corrected chi connectivity index (χ4v) is 4.22. The third-order valence-corrected chi connectivity index (χ3v) is 5.51. The van der Waals surface area contributed by atoms with Gasteiger partial charge in [0, 0.05) is 17.1 Å². The molecule has 0 unspecified atom stereocenters. The Morgan fingerprint density at radius 1 is 1.07 bits per heavy atom. The topological polar surface area (TPSA) is 83.9 Å². The summed E-state index contributed by atoms with van der Waals surface area (Å²) in [7, 11) is 0. The van der Waals surface area contributed by atoms with Crippen molar-refractivity contribution in [2.75, 3.05) is 5.32 Å². The van der Waals surface area contributed by atoms with Crippen molar-refractivity contribution in [3.8, 4) is 5.69 Å². The highest BCUT2D eigenvalue weighted by Crippen LogP contribution is 2.37. The molecule has 0 spiro atoms. The summed E-state index contributed by atoms with van der Waals surface area (Å²) in [5.41, 5.74) is 9.31. The lowest BCUT2D eigenvalue weighted by atomic mass is 10.2. The molecule has 4 aromatic rings. The maximum absolute atomic E-state index is 12.6. The van der Waals surface area contributed by atoms with Gasteiger partial charge in [-0.15, -0.1) is 11.3 Å². The molecule has 4 N–H and O–H groups in total. The van der Waals surface area contributed by atoms with Crippen LogP contribution < -0.4 is 16.6 Å². The second-order valence-electron chi connectivity index (χ2n) is 6.28. The van der Waals surface area contributed by atoms with Gasteiger partial charge in [-0.2, -0.15) is 0 Å². The smallest absolute Gasteiger partial charge is 0.256 e. The first kappa shape index (κ1) is 17.1. The van der Waals surface area contributed by atoms with E-state index in [1.54, 1.807) is 16.7 Å². The van der Waals surface area contributed by atoms with Crippen LogP contribution in [-0.4, -0.2) is 10.4 Å². The molecule has 0 aliphatic heterocycles. The number of para-hydroxylation sites is 1. The third-order valence-electron chi connectivity index (χ3n) is 4.29. The lowest BCUT2D eigenvalue weighted by Crippen LogP contribution is -2.16. The van der Waals surface area contributed by atoms with E-state index in [0.29, 0.717) is 4.88 Å². The van der Waals surface area contributed by atoms with E-state index in [1.807, 2.05) is 61.5 Å². The zero-order valence-corrected chi connectivity index (χ0v) is 15.5. The lowest BCUT2D eigenvalue weighted by Gasteiger charge is -2.10. The molecular weight excluding hydrogens is 356 g/mol. The molecule has 0 aliphatic rings. The van der Waals surface area contributed by atoms with Crippen LogP contribution in [0.5, 0.6) is 0 Å². The number of benzene rings is 2. The third kappa shape index (κ3) is 3.11. The predicted molar refractivity (Wildman–Crippen MR) is 113 cm³/mol. The predicted octanol–water partition coefficient (Wildman–Crippen LogP) is 4.39. The Labute approximate surface area is 160 Å². The summed E-state index contributed by atoms with van der Waals surface area (Å²) in [5, 5.41) is 12.3. The first-order valence-corrected chi connectivity index (χ1v) is 9.28. The molecule has 2 aromatic carbocycles. The summed E-state index contributed by atoms with van der Waals surface area (Å²) in [6, 6.07) is 20.8. The minimum absolute atomic E-state index is 0.0292. The molecule has 0 amide bonds. The van der Waals surface area contributed by atoms with Crippen molar-refractivity contribution in [2.24, 2.45) is 5.73 Å². The van der Waals surface area contributed by atoms with Gasteiger partial charge in [-0.25, -0.2) is 0 Å². The minimum atomic E-state index is -0.118. The maximum Gasteiger partial charge on any atom is 0.256 e. The molecule has 134 valence electrons. The van der Waals surface area contributed by atoms with Crippen LogP contribution in [-0.2, 0) is 0 Å². The average Bonchev–Trinajstić information content (AvgIpc) is 3.01. The number of anilines is 2. The van der Waals surface area contributed by atoms with Crippen LogP contribution in [0.4, 0.5) is 11.4 Å². The Hall–Kier alpha value is -3.38. The quantitative estimate of drug-likeness (QED) is 0.366. The van der Waals surface area contributed by atoms with Gasteiger partial charge in [0.2, 0.25) is 0 Å². The number of nitrogens with one attached hydrogen (secondary N) is 2. The Morgan fingerprint density at radius 3 is 2.56 bits per heavy atom. The molecule has 0 bridgehead atoms. The second-order valence-corrected chi connectivity index (χ2v) is 7.27. The Bertz CT molecular complexity index is 1210. The summed E-state index contributed by atoms with van der Waals surface area (Å²) in [6.45, 7) is 2.02. The van der Waals surface area contributed by atoms with Crippen LogP contribution in [0.2, 0.25) is 0 Å². The van der Waals surface area contributed by atoms with Gasteiger partial charge in [-0.3, -0.25) is 14.8 Å². The molecular formula is C21H18N4OS. The monoisotopic (exact) mass is 374 g/mol. The number of hydrogen-bond donors (Lipinski definition) is 3. The van der Waals surface area contributed by atoms with Gasteiger partial charge in [-0.1, -0.05) is 30.3 Å². The fraction of sp³-hybridized carbons (Fsp3) is 0.0476. The molecule has 0 saturated heterocycles. The van der Waals surface area contributed by atoms with Crippen LogP contribution in [0.1, 0.15) is 10.4 Å². The van der Waals surface area contributed by atoms with E-state index in [9.17, 15) is 4.79 Å². The number of aryl methyl sites for hydroxylation is 1. The number of pyridine rings is 1. The van der Waals surface area contributed by atoms with Gasteiger partial charge in [-0.05, 0) is 42.8 Å². The van der Waals surface area contributed by atoms with E-state index in [0.717, 1.165) is 32.8 Å². The summed E-state index contributed by atoms with van der Waals surface area (Å²) >= 11 is 1.34. The van der Waals surface area contributed by atoms with Crippen molar-refractivity contribution in [1.29, 1.82) is 5.41 Å². The summed E-state index contributed by atoms with van der Waals surface area (Å²) in [4.78, 5) is 14.0. The molecule has 6 heteroatoms. The van der Waals surface area contributed by atoms with Crippen molar-refractivity contribution in [1.82, 2.24) is 4.57 Å². The van der Waals surface area contributed by atoms with E-state index in [1.165, 1.54) is 11.3 Å². The molecule has 0 aliphatic carbocycles. The minimum Gasteiger partial charge on any atom is -0.383 e. The number of rotatable bonds is 4. The van der Waals surface area contributed by atoms with Gasteiger partial charge < -0.3 is 11.1 Å². The van der Waals surface area contributed by atoms with E-state index >= 15 is 0 Å².